The number of esters is 1. The van der Waals surface area contributed by atoms with E-state index in [0.717, 1.165) is 5.56 Å². The van der Waals surface area contributed by atoms with Gasteiger partial charge in [-0.25, -0.2) is 13.2 Å². The van der Waals surface area contributed by atoms with Crippen molar-refractivity contribution in [2.45, 2.75) is 37.9 Å². The van der Waals surface area contributed by atoms with E-state index in [0.29, 0.717) is 5.56 Å². The second-order valence-corrected chi connectivity index (χ2v) is 7.46. The topological polar surface area (TPSA) is 72.9 Å². The summed E-state index contributed by atoms with van der Waals surface area (Å²) in [6, 6.07) is 5.30. The smallest absolute Gasteiger partial charge is 0.336 e. The van der Waals surface area contributed by atoms with Crippen LogP contribution >= 0.6 is 0 Å². The summed E-state index contributed by atoms with van der Waals surface area (Å²) in [6.07, 6.45) is -1.27. The third-order valence-electron chi connectivity index (χ3n) is 3.65. The fraction of sp³-hybridized carbons (Fsp3) is 0.533. The van der Waals surface area contributed by atoms with Gasteiger partial charge in [0, 0.05) is 6.54 Å². The number of hydrogen-bond donors (Lipinski definition) is 0. The molecule has 0 aromatic heterocycles. The molecular formula is C15H21NO5S. The molecule has 0 unspecified atom stereocenters. The molecule has 0 spiro atoms. The third-order valence-corrected chi connectivity index (χ3v) is 5.63. The Balaban J connectivity index is 2.36. The Bertz CT molecular complexity index is 671. The van der Waals surface area contributed by atoms with Crippen LogP contribution in [-0.4, -0.2) is 51.1 Å². The van der Waals surface area contributed by atoms with E-state index in [2.05, 4.69) is 4.74 Å². The monoisotopic (exact) mass is 327 g/mol. The second kappa shape index (κ2) is 6.36. The Morgan fingerprint density at radius 3 is 2.64 bits per heavy atom. The van der Waals surface area contributed by atoms with Crippen molar-refractivity contribution in [3.05, 3.63) is 29.3 Å². The molecule has 1 fully saturated rings. The highest BCUT2D eigenvalue weighted by Crippen LogP contribution is 2.24. The summed E-state index contributed by atoms with van der Waals surface area (Å²) in [6.45, 7) is 5.52. The molecule has 1 aliphatic rings. The van der Waals surface area contributed by atoms with Gasteiger partial charge in [0.2, 0.25) is 10.0 Å². The molecule has 0 bridgehead atoms. The summed E-state index contributed by atoms with van der Waals surface area (Å²) in [7, 11) is -2.42. The number of rotatable bonds is 3. The van der Waals surface area contributed by atoms with E-state index >= 15 is 0 Å². The summed E-state index contributed by atoms with van der Waals surface area (Å²) in [4.78, 5) is 11.9. The molecule has 0 amide bonds. The molecule has 0 aliphatic carbocycles. The molecule has 1 aromatic carbocycles. The number of hydrogen-bond acceptors (Lipinski definition) is 5. The van der Waals surface area contributed by atoms with Crippen LogP contribution in [-0.2, 0) is 24.3 Å². The van der Waals surface area contributed by atoms with Gasteiger partial charge in [-0.2, -0.15) is 4.31 Å². The first-order chi connectivity index (χ1) is 10.3. The van der Waals surface area contributed by atoms with Crippen molar-refractivity contribution in [2.75, 3.05) is 20.2 Å². The Hall–Kier alpha value is -1.44. The van der Waals surface area contributed by atoms with Crippen LogP contribution in [0.4, 0.5) is 0 Å². The van der Waals surface area contributed by atoms with Crippen LogP contribution in [0.2, 0.25) is 0 Å². The van der Waals surface area contributed by atoms with Gasteiger partial charge in [-0.3, -0.25) is 0 Å². The van der Waals surface area contributed by atoms with Crippen molar-refractivity contribution in [1.82, 2.24) is 4.31 Å². The zero-order valence-electron chi connectivity index (χ0n) is 13.2. The average Bonchev–Trinajstić information content (AvgIpc) is 2.48. The number of morpholine rings is 1. The lowest BCUT2D eigenvalue weighted by molar-refractivity contribution is -0.162. The Morgan fingerprint density at radius 1 is 1.32 bits per heavy atom. The van der Waals surface area contributed by atoms with Gasteiger partial charge in [0.15, 0.2) is 6.10 Å². The highest BCUT2D eigenvalue weighted by atomic mass is 32.2. The minimum absolute atomic E-state index is 0.0350. The third kappa shape index (κ3) is 3.31. The molecule has 2 rings (SSSR count). The summed E-state index contributed by atoms with van der Waals surface area (Å²) in [5.41, 5.74) is 1.55. The molecule has 0 radical (unpaired) electrons. The first kappa shape index (κ1) is 16.9. The molecule has 22 heavy (non-hydrogen) atoms. The van der Waals surface area contributed by atoms with Crippen LogP contribution in [0.3, 0.4) is 0 Å². The number of sulfonamides is 1. The molecule has 1 saturated heterocycles. The van der Waals surface area contributed by atoms with Crippen LogP contribution in [0.25, 0.3) is 0 Å². The molecular weight excluding hydrogens is 306 g/mol. The summed E-state index contributed by atoms with van der Waals surface area (Å²) >= 11 is 0. The normalized spacial score (nSPS) is 23.3. The van der Waals surface area contributed by atoms with Crippen molar-refractivity contribution < 1.29 is 22.7 Å². The number of nitrogens with zero attached hydrogens (tertiary/aromatic N) is 1. The van der Waals surface area contributed by atoms with Gasteiger partial charge in [-0.05, 0) is 38.0 Å². The van der Waals surface area contributed by atoms with Gasteiger partial charge in [0.1, 0.15) is 0 Å². The first-order valence-corrected chi connectivity index (χ1v) is 8.50. The van der Waals surface area contributed by atoms with Crippen molar-refractivity contribution in [3.63, 3.8) is 0 Å². The van der Waals surface area contributed by atoms with Crippen LogP contribution in [0.1, 0.15) is 18.1 Å². The van der Waals surface area contributed by atoms with Crippen LogP contribution in [0.15, 0.2) is 23.1 Å². The molecule has 1 aliphatic heterocycles. The highest BCUT2D eigenvalue weighted by molar-refractivity contribution is 7.89. The number of carbonyl (C=O) groups is 1. The quantitative estimate of drug-likeness (QED) is 0.781. The maximum absolute atomic E-state index is 12.9. The Kier molecular flexibility index (Phi) is 4.89. The van der Waals surface area contributed by atoms with Gasteiger partial charge in [0.05, 0.1) is 24.7 Å². The lowest BCUT2D eigenvalue weighted by Crippen LogP contribution is -2.52. The maximum atomic E-state index is 12.9. The van der Waals surface area contributed by atoms with E-state index < -0.39 is 22.1 Å². The van der Waals surface area contributed by atoms with E-state index in [9.17, 15) is 13.2 Å². The Morgan fingerprint density at radius 2 is 2.00 bits per heavy atom. The second-order valence-electron chi connectivity index (χ2n) is 5.55. The molecule has 6 nitrogen and oxygen atoms in total. The lowest BCUT2D eigenvalue weighted by Gasteiger charge is -2.34. The zero-order chi connectivity index (χ0) is 16.5. The van der Waals surface area contributed by atoms with E-state index in [1.807, 2.05) is 13.0 Å². The van der Waals surface area contributed by atoms with Gasteiger partial charge >= 0.3 is 5.97 Å². The fourth-order valence-electron chi connectivity index (χ4n) is 2.49. The Labute approximate surface area is 131 Å². The molecule has 0 saturated carbocycles. The number of benzene rings is 1. The van der Waals surface area contributed by atoms with E-state index in [4.69, 9.17) is 4.74 Å². The van der Waals surface area contributed by atoms with E-state index in [1.54, 1.807) is 26.0 Å². The molecule has 2 atom stereocenters. The number of ether oxygens (including phenoxy) is 2. The molecule has 7 heteroatoms. The number of carbonyl (C=O) groups excluding carboxylic acids is 1. The standard InChI is InChI=1S/C15H21NO5S/c1-10-5-6-11(2)14(7-10)22(18,19)16-8-12(3)21-13(9-16)15(17)20-4/h5-7,12-13H,8-9H2,1-4H3/t12-,13-/m1/s1. The zero-order valence-corrected chi connectivity index (χ0v) is 14.0. The summed E-state index contributed by atoms with van der Waals surface area (Å²) in [5, 5.41) is 0. The molecule has 122 valence electrons. The van der Waals surface area contributed by atoms with E-state index in [1.165, 1.54) is 11.4 Å². The van der Waals surface area contributed by atoms with Crippen LogP contribution in [0, 0.1) is 13.8 Å². The van der Waals surface area contributed by atoms with Crippen molar-refractivity contribution >= 4 is 16.0 Å². The fourth-order valence-corrected chi connectivity index (χ4v) is 4.32. The lowest BCUT2D eigenvalue weighted by atomic mass is 10.2. The van der Waals surface area contributed by atoms with Crippen molar-refractivity contribution in [2.24, 2.45) is 0 Å². The maximum Gasteiger partial charge on any atom is 0.336 e. The highest BCUT2D eigenvalue weighted by Gasteiger charge is 2.37. The van der Waals surface area contributed by atoms with Crippen molar-refractivity contribution in [1.29, 1.82) is 0 Å². The van der Waals surface area contributed by atoms with Crippen LogP contribution in [0.5, 0.6) is 0 Å². The van der Waals surface area contributed by atoms with Gasteiger partial charge in [-0.15, -0.1) is 0 Å². The van der Waals surface area contributed by atoms with Gasteiger partial charge in [0.25, 0.3) is 0 Å². The predicted molar refractivity (Wildman–Crippen MR) is 81.0 cm³/mol. The first-order valence-electron chi connectivity index (χ1n) is 7.06. The van der Waals surface area contributed by atoms with Gasteiger partial charge < -0.3 is 9.47 Å². The number of aryl methyl sites for hydroxylation is 2. The molecule has 0 N–H and O–H groups in total. The minimum Gasteiger partial charge on any atom is -0.467 e. The van der Waals surface area contributed by atoms with Gasteiger partial charge in [-0.1, -0.05) is 12.1 Å². The average molecular weight is 327 g/mol. The molecule has 1 heterocycles. The SMILES string of the molecule is COC(=O)[C@H]1CN(S(=O)(=O)c2cc(C)ccc2C)C[C@@H](C)O1. The van der Waals surface area contributed by atoms with E-state index in [-0.39, 0.29) is 24.1 Å². The number of methoxy groups -OCH3 is 1. The molecule has 1 aromatic rings. The van der Waals surface area contributed by atoms with Crippen molar-refractivity contribution in [3.8, 4) is 0 Å². The largest absolute Gasteiger partial charge is 0.467 e. The van der Waals surface area contributed by atoms with Crippen LogP contribution < -0.4 is 0 Å². The summed E-state index contributed by atoms with van der Waals surface area (Å²) < 4.78 is 37.2. The summed E-state index contributed by atoms with van der Waals surface area (Å²) in [5.74, 6) is -0.562. The predicted octanol–water partition coefficient (Wildman–Crippen LogP) is 1.25. The minimum atomic E-state index is -3.68.